The lowest BCUT2D eigenvalue weighted by Gasteiger charge is -2.01. The zero-order valence-electron chi connectivity index (χ0n) is 24.3. The summed E-state index contributed by atoms with van der Waals surface area (Å²) in [5, 5.41) is 4.82. The van der Waals surface area contributed by atoms with E-state index in [9.17, 15) is 0 Å². The van der Waals surface area contributed by atoms with Crippen LogP contribution in [0.25, 0.3) is 24.3 Å². The highest BCUT2D eigenvalue weighted by Crippen LogP contribution is 2.24. The minimum atomic E-state index is 0.993. The largest absolute Gasteiger partial charge is 0.355 e. The molecule has 5 heterocycles. The lowest BCUT2D eigenvalue weighted by atomic mass is 10.0. The second kappa shape index (κ2) is 10.8. The van der Waals surface area contributed by atoms with Crippen molar-refractivity contribution in [2.24, 2.45) is 0 Å². The van der Waals surface area contributed by atoms with Crippen LogP contribution in [0.4, 0.5) is 0 Å². The first-order chi connectivity index (χ1) is 18.5. The fourth-order valence-corrected chi connectivity index (χ4v) is 6.65. The highest BCUT2D eigenvalue weighted by Gasteiger charge is 2.16. The van der Waals surface area contributed by atoms with Crippen molar-refractivity contribution in [3.63, 3.8) is 0 Å². The minimum absolute atomic E-state index is 0.993. The smallest absolute Gasteiger partial charge is 0.0441 e. The summed E-state index contributed by atoms with van der Waals surface area (Å²) >= 11 is 0. The number of hydrogen-bond acceptors (Lipinski definition) is 0. The molecule has 0 unspecified atom stereocenters. The summed E-state index contributed by atoms with van der Waals surface area (Å²) in [4.78, 5) is 15.2. The molecule has 0 atom stereocenters. The number of aromatic nitrogens is 4. The molecule has 1 aliphatic heterocycles. The quantitative estimate of drug-likeness (QED) is 0.249. The van der Waals surface area contributed by atoms with Crippen LogP contribution in [-0.2, 0) is 44.9 Å². The van der Waals surface area contributed by atoms with Gasteiger partial charge in [0.2, 0.25) is 0 Å². The predicted octanol–water partition coefficient (Wildman–Crippen LogP) is 4.56. The summed E-state index contributed by atoms with van der Waals surface area (Å²) in [5.41, 5.74) is 14.8. The van der Waals surface area contributed by atoms with Gasteiger partial charge < -0.3 is 19.9 Å². The van der Waals surface area contributed by atoms with E-state index in [1.807, 2.05) is 0 Å². The lowest BCUT2D eigenvalue weighted by molar-refractivity contribution is 1.04. The SMILES string of the molecule is CCc1c2[nH]c(c1CC)/C=c1\[nH]/c(c(CC)c1CC)=C\c1[nH]c(c(CC)c1CC)/C=c1\[nH]/c(cc1CC)=C\2. The summed E-state index contributed by atoms with van der Waals surface area (Å²) < 4.78 is 0. The summed E-state index contributed by atoms with van der Waals surface area (Å²) in [7, 11) is 0. The van der Waals surface area contributed by atoms with E-state index in [1.54, 1.807) is 0 Å². The number of aryl methyl sites for hydroxylation is 1. The first-order valence-corrected chi connectivity index (χ1v) is 14.8. The van der Waals surface area contributed by atoms with Gasteiger partial charge in [-0.25, -0.2) is 0 Å². The van der Waals surface area contributed by atoms with Crippen molar-refractivity contribution in [3.8, 4) is 0 Å². The second-order valence-corrected chi connectivity index (χ2v) is 10.4. The first kappa shape index (κ1) is 26.2. The topological polar surface area (TPSA) is 63.2 Å². The first-order valence-electron chi connectivity index (χ1n) is 14.8. The molecule has 0 aromatic carbocycles. The van der Waals surface area contributed by atoms with E-state index in [-0.39, 0.29) is 0 Å². The number of aromatic amines is 4. The van der Waals surface area contributed by atoms with Gasteiger partial charge in [0.25, 0.3) is 0 Å². The Morgan fingerprint density at radius 3 is 1.18 bits per heavy atom. The summed E-state index contributed by atoms with van der Waals surface area (Å²) in [6.07, 6.45) is 16.4. The van der Waals surface area contributed by atoms with E-state index < -0.39 is 0 Å². The fourth-order valence-electron chi connectivity index (χ4n) is 6.65. The predicted molar refractivity (Wildman–Crippen MR) is 162 cm³/mol. The molecule has 4 heteroatoms. The van der Waals surface area contributed by atoms with Crippen molar-refractivity contribution in [2.45, 2.75) is 93.4 Å². The van der Waals surface area contributed by atoms with Crippen LogP contribution in [0.5, 0.6) is 0 Å². The van der Waals surface area contributed by atoms with E-state index in [2.05, 4.69) is 98.8 Å². The Morgan fingerprint density at radius 2 is 0.789 bits per heavy atom. The van der Waals surface area contributed by atoms with Crippen LogP contribution < -0.4 is 21.4 Å². The molecule has 38 heavy (non-hydrogen) atoms. The molecular formula is C34H44N4. The molecule has 0 spiro atoms. The molecule has 1 aliphatic rings. The number of hydrogen-bond donors (Lipinski definition) is 4. The number of fused-ring (bicyclic) bond motifs is 8. The molecule has 0 radical (unpaired) electrons. The van der Waals surface area contributed by atoms with Crippen LogP contribution >= 0.6 is 0 Å². The Morgan fingerprint density at radius 1 is 0.395 bits per heavy atom. The van der Waals surface area contributed by atoms with E-state index in [0.717, 1.165) is 50.3 Å². The van der Waals surface area contributed by atoms with Crippen molar-refractivity contribution in [1.82, 2.24) is 19.9 Å². The van der Waals surface area contributed by atoms with Crippen molar-refractivity contribution < 1.29 is 0 Å². The van der Waals surface area contributed by atoms with Crippen LogP contribution in [0.3, 0.4) is 0 Å². The average molecular weight is 509 g/mol. The maximum absolute atomic E-state index is 3.85. The van der Waals surface area contributed by atoms with E-state index in [0.29, 0.717) is 0 Å². The van der Waals surface area contributed by atoms with Crippen molar-refractivity contribution in [3.05, 3.63) is 89.2 Å². The van der Waals surface area contributed by atoms with Crippen LogP contribution in [-0.4, -0.2) is 19.9 Å². The Kier molecular flexibility index (Phi) is 7.43. The molecule has 4 nitrogen and oxygen atoms in total. The molecule has 0 aliphatic carbocycles. The average Bonchev–Trinajstić information content (AvgIpc) is 3.65. The van der Waals surface area contributed by atoms with Crippen molar-refractivity contribution in [1.29, 1.82) is 0 Å². The van der Waals surface area contributed by atoms with Gasteiger partial charge in [-0.3, -0.25) is 0 Å². The van der Waals surface area contributed by atoms with Gasteiger partial charge in [0.1, 0.15) is 0 Å². The van der Waals surface area contributed by atoms with Crippen LogP contribution in [0.2, 0.25) is 0 Å². The standard InChI is InChI=1S/C34H44N4/c1-8-20-15-21-16-29-22(9-2)23(10-3)31(36-29)18-33-26(13-6)27(14-7)34(38-33)19-32-25(12-5)24(11-4)30(37-32)17-28(20)35-21/h15-19,35-38H,8-14H2,1-7H3/b21-16-,28-17-,29-16?,30-17?,31-18?,32-19?,33-18-,34-19-. The Labute approximate surface area is 226 Å². The summed E-state index contributed by atoms with van der Waals surface area (Å²) in [5.74, 6) is 0. The molecule has 4 aromatic heterocycles. The van der Waals surface area contributed by atoms with Gasteiger partial charge in [-0.05, 0) is 114 Å². The molecule has 0 fully saturated rings. The summed E-state index contributed by atoms with van der Waals surface area (Å²) in [6.45, 7) is 15.9. The monoisotopic (exact) mass is 508 g/mol. The zero-order valence-corrected chi connectivity index (χ0v) is 24.3. The normalized spacial score (nSPS) is 16.2. The third-order valence-electron chi connectivity index (χ3n) is 8.47. The van der Waals surface area contributed by atoms with E-state index >= 15 is 0 Å². The fraction of sp³-hybridized carbons (Fsp3) is 0.412. The number of nitrogens with one attached hydrogen (secondary N) is 4. The summed E-state index contributed by atoms with van der Waals surface area (Å²) in [6, 6.07) is 2.32. The number of rotatable bonds is 7. The van der Waals surface area contributed by atoms with Crippen LogP contribution in [0.1, 0.15) is 110 Å². The molecule has 8 bridgehead atoms. The molecule has 200 valence electrons. The van der Waals surface area contributed by atoms with Gasteiger partial charge >= 0.3 is 0 Å². The third-order valence-corrected chi connectivity index (χ3v) is 8.47. The highest BCUT2D eigenvalue weighted by molar-refractivity contribution is 5.65. The zero-order chi connectivity index (χ0) is 27.0. The van der Waals surface area contributed by atoms with E-state index in [4.69, 9.17) is 0 Å². The van der Waals surface area contributed by atoms with Gasteiger partial charge in [0.05, 0.1) is 0 Å². The van der Waals surface area contributed by atoms with Crippen molar-refractivity contribution in [2.75, 3.05) is 0 Å². The van der Waals surface area contributed by atoms with E-state index in [1.165, 1.54) is 77.8 Å². The van der Waals surface area contributed by atoms with Gasteiger partial charge in [0.15, 0.2) is 0 Å². The highest BCUT2D eigenvalue weighted by atomic mass is 14.8. The molecule has 0 saturated carbocycles. The minimum Gasteiger partial charge on any atom is -0.355 e. The molecule has 0 amide bonds. The molecule has 4 aromatic rings. The maximum Gasteiger partial charge on any atom is 0.0441 e. The molecule has 0 saturated heterocycles. The molecule has 5 rings (SSSR count). The van der Waals surface area contributed by atoms with Crippen molar-refractivity contribution >= 4 is 24.3 Å². The van der Waals surface area contributed by atoms with Gasteiger partial charge in [-0.1, -0.05) is 48.5 Å². The molecular weight excluding hydrogens is 464 g/mol. The van der Waals surface area contributed by atoms with Gasteiger partial charge in [-0.15, -0.1) is 0 Å². The van der Waals surface area contributed by atoms with Gasteiger partial charge in [-0.2, -0.15) is 0 Å². The van der Waals surface area contributed by atoms with Gasteiger partial charge in [0, 0.05) is 44.2 Å². The lowest BCUT2D eigenvalue weighted by Crippen LogP contribution is -2.13. The Hall–Kier alpha value is -3.40. The third kappa shape index (κ3) is 4.34. The number of H-pyrrole nitrogens is 4. The molecule has 4 N–H and O–H groups in total. The van der Waals surface area contributed by atoms with Crippen LogP contribution in [0, 0.1) is 0 Å². The van der Waals surface area contributed by atoms with Crippen LogP contribution in [0.15, 0.2) is 6.07 Å². The Bertz CT molecular complexity index is 1710. The second-order valence-electron chi connectivity index (χ2n) is 10.4. The Balaban J connectivity index is 1.96. The maximum atomic E-state index is 3.85.